The van der Waals surface area contributed by atoms with Gasteiger partial charge in [0.05, 0.1) is 57.0 Å². The Kier molecular flexibility index (Phi) is 23.4. The van der Waals surface area contributed by atoms with Crippen molar-refractivity contribution < 1.29 is 41.9 Å². The molecule has 0 aliphatic carbocycles. The van der Waals surface area contributed by atoms with E-state index in [0.717, 1.165) is 31.8 Å². The van der Waals surface area contributed by atoms with Crippen LogP contribution in [0.4, 0.5) is 47.3 Å². The van der Waals surface area contributed by atoms with E-state index in [1.54, 1.807) is 97.9 Å². The van der Waals surface area contributed by atoms with E-state index >= 15 is 0 Å². The predicted octanol–water partition coefficient (Wildman–Crippen LogP) is 16.1. The molecule has 97 heavy (non-hydrogen) atoms. The zero-order valence-electron chi connectivity index (χ0n) is 51.3. The summed E-state index contributed by atoms with van der Waals surface area (Å²) in [6, 6.07) is 45.1. The molecular weight excluding hydrogens is 1370 g/mol. The van der Waals surface area contributed by atoms with Gasteiger partial charge in [-0.05, 0) is 164 Å². The molecule has 0 atom stereocenters. The monoisotopic (exact) mass is 1430 g/mol. The average molecular weight is 1430 g/mol. The minimum Gasteiger partial charge on any atom is -0.363 e. The molecule has 27 heteroatoms. The van der Waals surface area contributed by atoms with Gasteiger partial charge >= 0.3 is 0 Å². The molecule has 18 nitrogen and oxygen atoms in total. The summed E-state index contributed by atoms with van der Waals surface area (Å²) in [5.41, 5.74) is 3.14. The normalized spacial score (nSPS) is 11.9. The van der Waals surface area contributed by atoms with Gasteiger partial charge in [0.1, 0.15) is 35.0 Å². The second-order valence-electron chi connectivity index (χ2n) is 21.6. The Labute approximate surface area is 584 Å². The van der Waals surface area contributed by atoms with E-state index < -0.39 is 52.9 Å². The number of carbonyl (C=O) groups is 6. The molecule has 2 aliphatic heterocycles. The van der Waals surface area contributed by atoms with E-state index in [0.29, 0.717) is 76.3 Å². The summed E-state index contributed by atoms with van der Waals surface area (Å²) in [7, 11) is 5.21. The Morgan fingerprint density at radius 2 is 0.732 bits per heavy atom. The lowest BCUT2D eigenvalue weighted by Crippen LogP contribution is -2.24. The molecule has 1 saturated heterocycles. The Morgan fingerprint density at radius 3 is 1.06 bits per heavy atom. The SMILES string of the molecule is CN(C)C(=N)c1ccc(C(=O)Nc2ccc(Cl)cc2C(=O)Nc2ccc(Cl)cc2)c(F)c1.CN1CCN=C1c1ccc(C(=O)Nc2ccc(Cl)cc2C(=O)Nc2ccc(Cl)cc2)c(F)c1.N=C(c1ccc(C(=O)Nc2ccc(Cl)cc2C(=O)Nc2ccc(Cl)cc2)c(F)c1)N1CC1. The molecule has 6 amide bonds. The van der Waals surface area contributed by atoms with Crippen LogP contribution in [-0.2, 0) is 0 Å². The summed E-state index contributed by atoms with van der Waals surface area (Å²) >= 11 is 35.8. The molecule has 0 radical (unpaired) electrons. The quantitative estimate of drug-likeness (QED) is 0.0276. The zero-order chi connectivity index (χ0) is 69.8. The van der Waals surface area contributed by atoms with Gasteiger partial charge in [0.2, 0.25) is 0 Å². The topological polar surface area (TPSA) is 244 Å². The molecule has 9 aromatic rings. The fourth-order valence-corrected chi connectivity index (χ4v) is 10.2. The molecule has 9 aromatic carbocycles. The van der Waals surface area contributed by atoms with E-state index in [4.69, 9.17) is 80.4 Å². The summed E-state index contributed by atoms with van der Waals surface area (Å²) in [5, 5.41) is 34.3. The van der Waals surface area contributed by atoms with E-state index in [1.807, 2.05) is 11.9 Å². The lowest BCUT2D eigenvalue weighted by Gasteiger charge is -2.15. The highest BCUT2D eigenvalue weighted by Gasteiger charge is 2.26. The second-order valence-corrected chi connectivity index (χ2v) is 24.2. The molecule has 0 bridgehead atoms. The van der Waals surface area contributed by atoms with Crippen molar-refractivity contribution in [3.05, 3.63) is 280 Å². The van der Waals surface area contributed by atoms with Crippen LogP contribution in [0.3, 0.4) is 0 Å². The molecule has 11 rings (SSSR count). The summed E-state index contributed by atoms with van der Waals surface area (Å²) in [4.78, 5) is 86.2. The van der Waals surface area contributed by atoms with E-state index in [9.17, 15) is 41.9 Å². The van der Waals surface area contributed by atoms with Crippen molar-refractivity contribution in [3.63, 3.8) is 0 Å². The summed E-state index contributed by atoms with van der Waals surface area (Å²) in [5.74, 6) is -4.90. The first-order valence-electron chi connectivity index (χ1n) is 29.1. The van der Waals surface area contributed by atoms with Crippen LogP contribution in [0.15, 0.2) is 187 Å². The number of halogens is 9. The Balaban J connectivity index is 0.000000171. The minimum atomic E-state index is -0.785. The Bertz CT molecular complexity index is 4420. The standard InChI is InChI=1S/C24H19Cl2FN4O2.C23H17Cl2FN4O2.C23H19Cl2FN4O2/c1-31-11-10-28-22(31)14-2-8-18(20(27)12-14)23(32)30-21-9-5-16(26)13-19(21)24(33)29-17-6-3-15(25)4-7-17;24-14-2-5-16(6-3-14)28-23(32)18-12-15(25)4-8-20(18)29-22(31)17-7-1-13(11-19(17)26)21(27)30-9-10-30;1-30(2)21(27)13-3-9-17(19(26)11-13)22(31)29-20-10-6-15(25)12-18(20)23(32)28-16-7-4-14(24)5-8-16/h2-9,12-13H,10-11H2,1H3,(H,29,33)(H,30,32);1-8,11-12,27H,9-10H2,(H,28,32)(H,29,31);3-12,27H,1-2H3,(H,28,32)(H,29,31). The first-order valence-corrected chi connectivity index (χ1v) is 31.3. The van der Waals surface area contributed by atoms with Crippen LogP contribution < -0.4 is 31.9 Å². The second kappa shape index (κ2) is 32.0. The number of likely N-dealkylation sites (N-methyl/N-ethyl adjacent to an activating group) is 1. The summed E-state index contributed by atoms with van der Waals surface area (Å²) in [6.07, 6.45) is 0. The zero-order valence-corrected chi connectivity index (χ0v) is 55.8. The number of anilines is 6. The van der Waals surface area contributed by atoms with Crippen LogP contribution in [0.1, 0.15) is 78.8 Å². The molecule has 0 saturated carbocycles. The van der Waals surface area contributed by atoms with E-state index in [2.05, 4.69) is 36.9 Å². The number of amides is 6. The summed E-state index contributed by atoms with van der Waals surface area (Å²) in [6.45, 7) is 2.93. The first-order chi connectivity index (χ1) is 46.3. The van der Waals surface area contributed by atoms with Crippen molar-refractivity contribution in [1.29, 1.82) is 10.8 Å². The van der Waals surface area contributed by atoms with Gasteiger partial charge in [0, 0.05) is 105 Å². The van der Waals surface area contributed by atoms with E-state index in [1.165, 1.54) is 95.9 Å². The molecule has 0 aromatic heterocycles. The maximum Gasteiger partial charge on any atom is 0.258 e. The van der Waals surface area contributed by atoms with Gasteiger partial charge in [0.15, 0.2) is 0 Å². The highest BCUT2D eigenvalue weighted by atomic mass is 35.5. The number of carbonyl (C=O) groups excluding carboxylic acids is 6. The van der Waals surface area contributed by atoms with Crippen molar-refractivity contribution in [2.24, 2.45) is 4.99 Å². The first kappa shape index (κ1) is 71.0. The van der Waals surface area contributed by atoms with E-state index in [-0.39, 0.29) is 62.1 Å². The van der Waals surface area contributed by atoms with Crippen molar-refractivity contribution in [3.8, 4) is 0 Å². The van der Waals surface area contributed by atoms with Gasteiger partial charge in [-0.1, -0.05) is 87.8 Å². The number of benzene rings is 9. The number of rotatable bonds is 15. The third-order valence-corrected chi connectivity index (χ3v) is 15.9. The number of amidine groups is 3. The number of aliphatic imine (C=N–C) groups is 1. The number of nitrogens with zero attached hydrogens (tertiary/aromatic N) is 4. The Morgan fingerprint density at radius 1 is 0.402 bits per heavy atom. The summed E-state index contributed by atoms with van der Waals surface area (Å²) < 4.78 is 44.0. The third kappa shape index (κ3) is 18.8. The van der Waals surface area contributed by atoms with Gasteiger partial charge in [-0.3, -0.25) is 44.6 Å². The lowest BCUT2D eigenvalue weighted by molar-refractivity contribution is 0.100. The van der Waals surface area contributed by atoms with Crippen molar-refractivity contribution in [1.82, 2.24) is 14.7 Å². The number of hydrogen-bond acceptors (Lipinski definition) is 10. The van der Waals surface area contributed by atoms with Gasteiger partial charge in [0.25, 0.3) is 35.4 Å². The minimum absolute atomic E-state index is 0.104. The van der Waals surface area contributed by atoms with Crippen LogP contribution in [0.2, 0.25) is 30.1 Å². The van der Waals surface area contributed by atoms with Gasteiger partial charge in [-0.15, -0.1) is 0 Å². The molecule has 0 unspecified atom stereocenters. The molecule has 1 fully saturated rings. The van der Waals surface area contributed by atoms with Crippen LogP contribution in [0.5, 0.6) is 0 Å². The largest absolute Gasteiger partial charge is 0.363 e. The molecule has 2 heterocycles. The number of hydrogen-bond donors (Lipinski definition) is 8. The third-order valence-electron chi connectivity index (χ3n) is 14.4. The maximum atomic E-state index is 14.8. The maximum absolute atomic E-state index is 14.8. The van der Waals surface area contributed by atoms with Crippen LogP contribution in [-0.4, -0.2) is 115 Å². The highest BCUT2D eigenvalue weighted by molar-refractivity contribution is 6.33. The van der Waals surface area contributed by atoms with Gasteiger partial charge < -0.3 is 46.6 Å². The molecule has 2 aliphatic rings. The smallest absolute Gasteiger partial charge is 0.258 e. The highest BCUT2D eigenvalue weighted by Crippen LogP contribution is 2.29. The van der Waals surface area contributed by atoms with Crippen LogP contribution in [0, 0.1) is 28.3 Å². The molecule has 494 valence electrons. The molecule has 8 N–H and O–H groups in total. The fraction of sp³-hybridized carbons (Fsp3) is 0.100. The predicted molar refractivity (Wildman–Crippen MR) is 379 cm³/mol. The van der Waals surface area contributed by atoms with Crippen LogP contribution in [0.25, 0.3) is 0 Å². The van der Waals surface area contributed by atoms with Crippen molar-refractivity contribution >= 4 is 157 Å². The molecule has 0 spiro atoms. The molecular formula is C70H55Cl6F3N12O6. The van der Waals surface area contributed by atoms with Crippen molar-refractivity contribution in [2.45, 2.75) is 0 Å². The van der Waals surface area contributed by atoms with Crippen molar-refractivity contribution in [2.75, 3.05) is 79.2 Å². The van der Waals surface area contributed by atoms with Gasteiger partial charge in [-0.2, -0.15) is 0 Å². The Hall–Kier alpha value is -10.3. The average Bonchev–Trinajstić information content (AvgIpc) is 1.84. The van der Waals surface area contributed by atoms with Crippen LogP contribution >= 0.6 is 69.6 Å². The lowest BCUT2D eigenvalue weighted by atomic mass is 10.1. The fourth-order valence-electron chi connectivity index (χ4n) is 9.29. The van der Waals surface area contributed by atoms with Gasteiger partial charge in [-0.25, -0.2) is 13.2 Å². The number of nitrogens with one attached hydrogen (secondary N) is 8.